The van der Waals surface area contributed by atoms with Gasteiger partial charge in [0.05, 0.1) is 11.6 Å². The maximum atomic E-state index is 12.2. The second-order valence-corrected chi connectivity index (χ2v) is 4.71. The first-order chi connectivity index (χ1) is 9.60. The molecule has 0 bridgehead atoms. The number of ether oxygens (including phenoxy) is 1. The van der Waals surface area contributed by atoms with Crippen molar-refractivity contribution in [1.82, 2.24) is 0 Å². The first kappa shape index (κ1) is 14.1. The molecule has 0 aliphatic heterocycles. The van der Waals surface area contributed by atoms with Crippen molar-refractivity contribution in [3.05, 3.63) is 64.7 Å². The first-order valence-electron chi connectivity index (χ1n) is 6.07. The molecule has 0 amide bonds. The van der Waals surface area contributed by atoms with Crippen molar-refractivity contribution in [2.24, 2.45) is 0 Å². The van der Waals surface area contributed by atoms with E-state index < -0.39 is 6.10 Å². The van der Waals surface area contributed by atoms with Crippen LogP contribution in [-0.4, -0.2) is 11.9 Å². The van der Waals surface area contributed by atoms with Gasteiger partial charge in [0, 0.05) is 10.6 Å². The standard InChI is InChI=1S/C16H12ClNO2/c1-11(16(19)13-5-7-14(17)8-6-13)20-15-4-2-3-12(9-15)10-18/h2-9,11H,1H3/t11-/m0/s1. The molecule has 0 aliphatic rings. The van der Waals surface area contributed by atoms with Gasteiger partial charge in [-0.15, -0.1) is 0 Å². The Kier molecular flexibility index (Phi) is 4.39. The summed E-state index contributed by atoms with van der Waals surface area (Å²) in [6, 6.07) is 15.4. The average molecular weight is 286 g/mol. The summed E-state index contributed by atoms with van der Waals surface area (Å²) in [6.45, 7) is 1.68. The highest BCUT2D eigenvalue weighted by Gasteiger charge is 2.16. The third-order valence-electron chi connectivity index (χ3n) is 2.77. The maximum absolute atomic E-state index is 12.2. The van der Waals surface area contributed by atoms with Crippen LogP contribution in [0.2, 0.25) is 5.02 Å². The Hall–Kier alpha value is -2.31. The van der Waals surface area contributed by atoms with Crippen molar-refractivity contribution in [2.45, 2.75) is 13.0 Å². The molecule has 0 saturated carbocycles. The molecule has 0 N–H and O–H groups in total. The van der Waals surface area contributed by atoms with Gasteiger partial charge in [0.25, 0.3) is 0 Å². The number of ketones is 1. The zero-order valence-electron chi connectivity index (χ0n) is 10.8. The van der Waals surface area contributed by atoms with Gasteiger partial charge in [-0.3, -0.25) is 4.79 Å². The number of Topliss-reactive ketones (excluding diaryl/α,β-unsaturated/α-hetero) is 1. The van der Waals surface area contributed by atoms with Gasteiger partial charge in [0.1, 0.15) is 5.75 Å². The summed E-state index contributed by atoms with van der Waals surface area (Å²) in [6.07, 6.45) is -0.634. The van der Waals surface area contributed by atoms with Crippen LogP contribution in [0.4, 0.5) is 0 Å². The summed E-state index contributed by atoms with van der Waals surface area (Å²) in [7, 11) is 0. The van der Waals surface area contributed by atoms with E-state index in [-0.39, 0.29) is 5.78 Å². The van der Waals surface area contributed by atoms with Crippen molar-refractivity contribution in [1.29, 1.82) is 5.26 Å². The fourth-order valence-corrected chi connectivity index (χ4v) is 1.87. The summed E-state index contributed by atoms with van der Waals surface area (Å²) in [5.41, 5.74) is 1.03. The zero-order chi connectivity index (χ0) is 14.5. The predicted molar refractivity (Wildman–Crippen MR) is 77.0 cm³/mol. The van der Waals surface area contributed by atoms with Crippen LogP contribution in [0.25, 0.3) is 0 Å². The minimum Gasteiger partial charge on any atom is -0.483 e. The third-order valence-corrected chi connectivity index (χ3v) is 3.03. The van der Waals surface area contributed by atoms with E-state index in [0.717, 1.165) is 0 Å². The van der Waals surface area contributed by atoms with Crippen LogP contribution in [0.3, 0.4) is 0 Å². The molecule has 3 nitrogen and oxygen atoms in total. The van der Waals surface area contributed by atoms with Crippen LogP contribution < -0.4 is 4.74 Å². The first-order valence-corrected chi connectivity index (χ1v) is 6.44. The third kappa shape index (κ3) is 3.37. The number of carbonyl (C=O) groups excluding carboxylic acids is 1. The Bertz CT molecular complexity index is 659. The molecule has 0 aromatic heterocycles. The van der Waals surface area contributed by atoms with E-state index in [9.17, 15) is 4.79 Å². The second kappa shape index (κ2) is 6.23. The molecule has 0 heterocycles. The van der Waals surface area contributed by atoms with Gasteiger partial charge in [0.15, 0.2) is 6.10 Å². The fourth-order valence-electron chi connectivity index (χ4n) is 1.75. The van der Waals surface area contributed by atoms with E-state index in [0.29, 0.717) is 21.9 Å². The van der Waals surface area contributed by atoms with E-state index in [4.69, 9.17) is 21.6 Å². The SMILES string of the molecule is C[C@H](Oc1cccc(C#N)c1)C(=O)c1ccc(Cl)cc1. The van der Waals surface area contributed by atoms with Crippen LogP contribution in [0.5, 0.6) is 5.75 Å². The summed E-state index contributed by atoms with van der Waals surface area (Å²) >= 11 is 5.79. The molecule has 20 heavy (non-hydrogen) atoms. The summed E-state index contributed by atoms with van der Waals surface area (Å²) < 4.78 is 5.57. The monoisotopic (exact) mass is 285 g/mol. The van der Waals surface area contributed by atoms with Gasteiger partial charge in [-0.05, 0) is 49.4 Å². The normalized spacial score (nSPS) is 11.4. The van der Waals surface area contributed by atoms with Crippen LogP contribution in [0, 0.1) is 11.3 Å². The van der Waals surface area contributed by atoms with Gasteiger partial charge >= 0.3 is 0 Å². The minimum absolute atomic E-state index is 0.135. The van der Waals surface area contributed by atoms with E-state index in [1.807, 2.05) is 6.07 Å². The number of nitriles is 1. The van der Waals surface area contributed by atoms with Crippen molar-refractivity contribution < 1.29 is 9.53 Å². The van der Waals surface area contributed by atoms with Crippen LogP contribution in [0.1, 0.15) is 22.8 Å². The number of hydrogen-bond acceptors (Lipinski definition) is 3. The van der Waals surface area contributed by atoms with E-state index in [1.165, 1.54) is 0 Å². The highest BCUT2D eigenvalue weighted by atomic mass is 35.5. The molecule has 2 aromatic carbocycles. The number of carbonyl (C=O) groups is 1. The van der Waals surface area contributed by atoms with E-state index >= 15 is 0 Å². The molecular weight excluding hydrogens is 274 g/mol. The molecule has 0 unspecified atom stereocenters. The molecule has 0 spiro atoms. The lowest BCUT2D eigenvalue weighted by Crippen LogP contribution is -2.23. The summed E-state index contributed by atoms with van der Waals surface area (Å²) in [4.78, 5) is 12.2. The lowest BCUT2D eigenvalue weighted by atomic mass is 10.1. The number of nitrogens with zero attached hydrogens (tertiary/aromatic N) is 1. The number of rotatable bonds is 4. The largest absolute Gasteiger partial charge is 0.483 e. The minimum atomic E-state index is -0.634. The topological polar surface area (TPSA) is 50.1 Å². The molecule has 4 heteroatoms. The number of hydrogen-bond donors (Lipinski definition) is 0. The Balaban J connectivity index is 2.11. The van der Waals surface area contributed by atoms with Crippen molar-refractivity contribution >= 4 is 17.4 Å². The number of benzene rings is 2. The van der Waals surface area contributed by atoms with Crippen molar-refractivity contribution in [3.63, 3.8) is 0 Å². The molecule has 0 radical (unpaired) electrons. The fraction of sp³-hybridized carbons (Fsp3) is 0.125. The lowest BCUT2D eigenvalue weighted by Gasteiger charge is -2.13. The predicted octanol–water partition coefficient (Wildman–Crippen LogP) is 3.86. The Morgan fingerprint density at radius 1 is 1.25 bits per heavy atom. The average Bonchev–Trinajstić information content (AvgIpc) is 2.47. The molecule has 100 valence electrons. The van der Waals surface area contributed by atoms with Crippen molar-refractivity contribution in [3.8, 4) is 11.8 Å². The van der Waals surface area contributed by atoms with E-state index in [2.05, 4.69) is 0 Å². The van der Waals surface area contributed by atoms with Crippen LogP contribution in [-0.2, 0) is 0 Å². The second-order valence-electron chi connectivity index (χ2n) is 4.27. The maximum Gasteiger partial charge on any atom is 0.202 e. The van der Waals surface area contributed by atoms with Crippen molar-refractivity contribution in [2.75, 3.05) is 0 Å². The molecule has 1 atom stereocenters. The van der Waals surface area contributed by atoms with Crippen LogP contribution >= 0.6 is 11.6 Å². The Morgan fingerprint density at radius 3 is 2.60 bits per heavy atom. The van der Waals surface area contributed by atoms with Gasteiger partial charge in [-0.2, -0.15) is 5.26 Å². The van der Waals surface area contributed by atoms with Gasteiger partial charge in [-0.1, -0.05) is 17.7 Å². The summed E-state index contributed by atoms with van der Waals surface area (Å²) in [5.74, 6) is 0.364. The Morgan fingerprint density at radius 2 is 1.95 bits per heavy atom. The van der Waals surface area contributed by atoms with E-state index in [1.54, 1.807) is 55.5 Å². The zero-order valence-corrected chi connectivity index (χ0v) is 11.6. The molecule has 0 saturated heterocycles. The quantitative estimate of drug-likeness (QED) is 0.802. The lowest BCUT2D eigenvalue weighted by molar-refractivity contribution is 0.0818. The molecule has 2 aromatic rings. The molecule has 2 rings (SSSR count). The van der Waals surface area contributed by atoms with Gasteiger partial charge < -0.3 is 4.74 Å². The molecular formula is C16H12ClNO2. The molecule has 0 fully saturated rings. The van der Waals surface area contributed by atoms with Gasteiger partial charge in [0.2, 0.25) is 5.78 Å². The smallest absolute Gasteiger partial charge is 0.202 e. The molecule has 0 aliphatic carbocycles. The highest BCUT2D eigenvalue weighted by Crippen LogP contribution is 2.17. The Labute approximate surface area is 122 Å². The van der Waals surface area contributed by atoms with Gasteiger partial charge in [-0.25, -0.2) is 0 Å². The highest BCUT2D eigenvalue weighted by molar-refractivity contribution is 6.30. The number of halogens is 1. The summed E-state index contributed by atoms with van der Waals surface area (Å²) in [5, 5.41) is 9.40. The van der Waals surface area contributed by atoms with Crippen LogP contribution in [0.15, 0.2) is 48.5 Å².